The van der Waals surface area contributed by atoms with Gasteiger partial charge in [0.2, 0.25) is 0 Å². The van der Waals surface area contributed by atoms with Crippen LogP contribution in [-0.4, -0.2) is 53.5 Å². The van der Waals surface area contributed by atoms with Crippen molar-refractivity contribution in [3.8, 4) is 28.6 Å². The number of furan rings is 1. The third-order valence-electron chi connectivity index (χ3n) is 5.34. The number of ether oxygens (including phenoxy) is 2. The number of hydrogen-bond donors (Lipinski definition) is 1. The largest absolute Gasteiger partial charge is 0.496 e. The molecule has 3 aromatic heterocycles. The third-order valence-corrected chi connectivity index (χ3v) is 5.34. The van der Waals surface area contributed by atoms with E-state index in [1.807, 2.05) is 42.5 Å². The molecule has 0 amide bonds. The van der Waals surface area contributed by atoms with E-state index in [-0.39, 0.29) is 6.61 Å². The van der Waals surface area contributed by atoms with Gasteiger partial charge in [-0.2, -0.15) is 0 Å². The Hall–Kier alpha value is -3.49. The molecule has 1 aliphatic heterocycles. The molecule has 5 rings (SSSR count). The van der Waals surface area contributed by atoms with Gasteiger partial charge in [-0.25, -0.2) is 15.0 Å². The molecule has 4 heterocycles. The molecular formula is C23H22N4O4. The van der Waals surface area contributed by atoms with Crippen molar-refractivity contribution < 1.29 is 19.0 Å². The molecule has 158 valence electrons. The van der Waals surface area contributed by atoms with Gasteiger partial charge in [-0.15, -0.1) is 0 Å². The van der Waals surface area contributed by atoms with Crippen molar-refractivity contribution in [3.05, 3.63) is 54.3 Å². The molecule has 0 unspecified atom stereocenters. The number of aliphatic hydroxyl groups is 1. The molecule has 0 saturated carbocycles. The van der Waals surface area contributed by atoms with Gasteiger partial charge in [0, 0.05) is 24.2 Å². The maximum Gasteiger partial charge on any atom is 0.199 e. The summed E-state index contributed by atoms with van der Waals surface area (Å²) in [6, 6.07) is 13.2. The van der Waals surface area contributed by atoms with Gasteiger partial charge in [0.25, 0.3) is 0 Å². The molecule has 1 N–H and O–H groups in total. The van der Waals surface area contributed by atoms with Gasteiger partial charge in [-0.1, -0.05) is 0 Å². The lowest BCUT2D eigenvalue weighted by Gasteiger charge is -2.28. The number of benzene rings is 1. The Bertz CT molecular complexity index is 1200. The summed E-state index contributed by atoms with van der Waals surface area (Å²) < 4.78 is 16.4. The van der Waals surface area contributed by atoms with Crippen LogP contribution in [0.3, 0.4) is 0 Å². The zero-order valence-corrected chi connectivity index (χ0v) is 17.1. The highest BCUT2D eigenvalue weighted by atomic mass is 16.5. The lowest BCUT2D eigenvalue weighted by molar-refractivity contribution is 0.122. The number of pyridine rings is 1. The van der Waals surface area contributed by atoms with Gasteiger partial charge in [0.05, 0.1) is 44.3 Å². The zero-order chi connectivity index (χ0) is 21.2. The van der Waals surface area contributed by atoms with Crippen LogP contribution in [0.2, 0.25) is 0 Å². The molecule has 1 aliphatic rings. The van der Waals surface area contributed by atoms with Crippen molar-refractivity contribution in [2.75, 3.05) is 38.3 Å². The SMILES string of the molecule is COc1ccc(-c2ccc3c(N4CCOCC4)nc(-c4ccco4)nc3n2)cc1CO. The first-order valence-corrected chi connectivity index (χ1v) is 10.1. The van der Waals surface area contributed by atoms with Crippen molar-refractivity contribution in [1.29, 1.82) is 0 Å². The second-order valence-corrected chi connectivity index (χ2v) is 7.20. The summed E-state index contributed by atoms with van der Waals surface area (Å²) in [6.45, 7) is 2.70. The Labute approximate surface area is 179 Å². The van der Waals surface area contributed by atoms with Crippen molar-refractivity contribution in [2.24, 2.45) is 0 Å². The molecule has 1 aromatic carbocycles. The van der Waals surface area contributed by atoms with E-state index in [1.165, 1.54) is 0 Å². The van der Waals surface area contributed by atoms with Crippen LogP contribution in [0.15, 0.2) is 53.1 Å². The Morgan fingerprint density at radius 3 is 2.68 bits per heavy atom. The van der Waals surface area contributed by atoms with E-state index < -0.39 is 0 Å². The van der Waals surface area contributed by atoms with Gasteiger partial charge in [0.1, 0.15) is 11.6 Å². The smallest absolute Gasteiger partial charge is 0.199 e. The number of rotatable bonds is 5. The van der Waals surface area contributed by atoms with E-state index in [1.54, 1.807) is 13.4 Å². The average molecular weight is 418 g/mol. The minimum atomic E-state index is -0.114. The number of fused-ring (bicyclic) bond motifs is 1. The first-order valence-electron chi connectivity index (χ1n) is 10.1. The fourth-order valence-corrected chi connectivity index (χ4v) is 3.75. The Morgan fingerprint density at radius 1 is 1.06 bits per heavy atom. The fourth-order valence-electron chi connectivity index (χ4n) is 3.75. The van der Waals surface area contributed by atoms with Gasteiger partial charge < -0.3 is 23.9 Å². The molecular weight excluding hydrogens is 396 g/mol. The highest BCUT2D eigenvalue weighted by molar-refractivity contribution is 5.90. The molecule has 1 saturated heterocycles. The molecule has 1 fully saturated rings. The molecule has 8 heteroatoms. The summed E-state index contributed by atoms with van der Waals surface area (Å²) >= 11 is 0. The molecule has 0 radical (unpaired) electrons. The maximum atomic E-state index is 9.67. The van der Waals surface area contributed by atoms with Crippen molar-refractivity contribution >= 4 is 16.9 Å². The molecule has 4 aromatic rings. The normalized spacial score (nSPS) is 14.2. The Kier molecular flexibility index (Phi) is 5.23. The van der Waals surface area contributed by atoms with Crippen LogP contribution < -0.4 is 9.64 Å². The van der Waals surface area contributed by atoms with Gasteiger partial charge in [-0.3, -0.25) is 0 Å². The lowest BCUT2D eigenvalue weighted by atomic mass is 10.1. The van der Waals surface area contributed by atoms with Gasteiger partial charge in [-0.05, 0) is 42.5 Å². The predicted molar refractivity (Wildman–Crippen MR) is 116 cm³/mol. The summed E-state index contributed by atoms with van der Waals surface area (Å²) in [5, 5.41) is 10.5. The number of methoxy groups -OCH3 is 1. The van der Waals surface area contributed by atoms with Crippen LogP contribution in [0.1, 0.15) is 5.56 Å². The fraction of sp³-hybridized carbons (Fsp3) is 0.261. The summed E-state index contributed by atoms with van der Waals surface area (Å²) in [5.41, 5.74) is 2.91. The number of morpholine rings is 1. The van der Waals surface area contributed by atoms with Crippen LogP contribution in [0.4, 0.5) is 5.82 Å². The van der Waals surface area contributed by atoms with Crippen LogP contribution in [-0.2, 0) is 11.3 Å². The second kappa shape index (κ2) is 8.33. The minimum absolute atomic E-state index is 0.114. The quantitative estimate of drug-likeness (QED) is 0.528. The minimum Gasteiger partial charge on any atom is -0.496 e. The molecule has 0 spiro atoms. The van der Waals surface area contributed by atoms with Crippen LogP contribution in [0.25, 0.3) is 33.9 Å². The Morgan fingerprint density at radius 2 is 1.94 bits per heavy atom. The maximum absolute atomic E-state index is 9.67. The summed E-state index contributed by atoms with van der Waals surface area (Å²) in [5.74, 6) is 2.55. The van der Waals surface area contributed by atoms with Crippen LogP contribution >= 0.6 is 0 Å². The molecule has 8 nitrogen and oxygen atoms in total. The molecule has 31 heavy (non-hydrogen) atoms. The van der Waals surface area contributed by atoms with Crippen molar-refractivity contribution in [2.45, 2.75) is 6.61 Å². The van der Waals surface area contributed by atoms with Gasteiger partial charge in [0.15, 0.2) is 17.2 Å². The second-order valence-electron chi connectivity index (χ2n) is 7.20. The van der Waals surface area contributed by atoms with Crippen LogP contribution in [0.5, 0.6) is 5.75 Å². The monoisotopic (exact) mass is 418 g/mol. The van der Waals surface area contributed by atoms with E-state index >= 15 is 0 Å². The standard InChI is InChI=1S/C23H22N4O4/c1-29-19-7-4-15(13-16(19)14-28)18-6-5-17-21(24-18)25-22(20-3-2-10-31-20)26-23(17)27-8-11-30-12-9-27/h2-7,10,13,28H,8-9,11-12,14H2,1H3. The van der Waals surface area contributed by atoms with E-state index in [9.17, 15) is 5.11 Å². The van der Waals surface area contributed by atoms with Gasteiger partial charge >= 0.3 is 0 Å². The average Bonchev–Trinajstić information content (AvgIpc) is 3.38. The number of hydrogen-bond acceptors (Lipinski definition) is 8. The third kappa shape index (κ3) is 3.71. The van der Waals surface area contributed by atoms with E-state index in [2.05, 4.69) is 9.88 Å². The summed E-state index contributed by atoms with van der Waals surface area (Å²) in [7, 11) is 1.59. The molecule has 0 bridgehead atoms. The number of anilines is 1. The van der Waals surface area contributed by atoms with E-state index in [4.69, 9.17) is 23.9 Å². The van der Waals surface area contributed by atoms with E-state index in [0.29, 0.717) is 41.8 Å². The highest BCUT2D eigenvalue weighted by Gasteiger charge is 2.20. The van der Waals surface area contributed by atoms with E-state index in [0.717, 1.165) is 35.6 Å². The number of aliphatic hydroxyl groups excluding tert-OH is 1. The highest BCUT2D eigenvalue weighted by Crippen LogP contribution is 2.31. The molecule has 0 aliphatic carbocycles. The zero-order valence-electron chi connectivity index (χ0n) is 17.1. The Balaban J connectivity index is 1.65. The first kappa shape index (κ1) is 19.5. The summed E-state index contributed by atoms with van der Waals surface area (Å²) in [4.78, 5) is 16.5. The van der Waals surface area contributed by atoms with Crippen LogP contribution in [0, 0.1) is 0 Å². The topological polar surface area (TPSA) is 93.7 Å². The number of aromatic nitrogens is 3. The van der Waals surface area contributed by atoms with Crippen molar-refractivity contribution in [3.63, 3.8) is 0 Å². The number of nitrogens with zero attached hydrogens (tertiary/aromatic N) is 4. The van der Waals surface area contributed by atoms with Crippen molar-refractivity contribution in [1.82, 2.24) is 15.0 Å². The lowest BCUT2D eigenvalue weighted by Crippen LogP contribution is -2.37. The predicted octanol–water partition coefficient (Wildman–Crippen LogP) is 3.29. The summed E-state index contributed by atoms with van der Waals surface area (Å²) in [6.07, 6.45) is 1.61. The molecule has 0 atom stereocenters. The first-order chi connectivity index (χ1) is 15.3.